The highest BCUT2D eigenvalue weighted by Gasteiger charge is 2.00. The number of nitrogen functional groups attached to an aromatic ring is 1. The van der Waals surface area contributed by atoms with E-state index in [9.17, 15) is 0 Å². The van der Waals surface area contributed by atoms with Crippen molar-refractivity contribution in [3.05, 3.63) is 59.1 Å². The molecule has 0 amide bonds. The number of ether oxygens (including phenoxy) is 2. The Morgan fingerprint density at radius 3 is 2.50 bits per heavy atom. The molecule has 2 N–H and O–H groups in total. The molecule has 0 fully saturated rings. The highest BCUT2D eigenvalue weighted by Crippen LogP contribution is 2.19. The molecule has 0 unspecified atom stereocenters. The van der Waals surface area contributed by atoms with Crippen LogP contribution in [-0.4, -0.2) is 13.2 Å². The Bertz CT molecular complexity index is 496. The van der Waals surface area contributed by atoms with E-state index in [4.69, 9.17) is 26.8 Å². The predicted molar refractivity (Wildman–Crippen MR) is 82.1 cm³/mol. The second-order valence-corrected chi connectivity index (χ2v) is 4.79. The van der Waals surface area contributed by atoms with Crippen molar-refractivity contribution in [1.29, 1.82) is 0 Å². The molecule has 0 saturated heterocycles. The number of halogens is 1. The summed E-state index contributed by atoms with van der Waals surface area (Å²) in [7, 11) is 0. The molecule has 106 valence electrons. The molecule has 20 heavy (non-hydrogen) atoms. The highest BCUT2D eigenvalue weighted by atomic mass is 35.5. The minimum absolute atomic E-state index is 0.521. The Morgan fingerprint density at radius 2 is 1.70 bits per heavy atom. The first-order chi connectivity index (χ1) is 9.77. The van der Waals surface area contributed by atoms with Gasteiger partial charge in [-0.2, -0.15) is 0 Å². The number of rotatable bonds is 7. The predicted octanol–water partition coefficient (Wildman–Crippen LogP) is 3.91. The highest BCUT2D eigenvalue weighted by molar-refractivity contribution is 6.31. The fourth-order valence-corrected chi connectivity index (χ4v) is 1.94. The van der Waals surface area contributed by atoms with E-state index in [1.54, 1.807) is 0 Å². The first kappa shape index (κ1) is 14.7. The number of nitrogens with two attached hydrogens (primary N) is 1. The number of hydrogen-bond donors (Lipinski definition) is 1. The molecule has 0 heterocycles. The third-order valence-electron chi connectivity index (χ3n) is 2.82. The van der Waals surface area contributed by atoms with Crippen molar-refractivity contribution in [3.63, 3.8) is 0 Å². The summed E-state index contributed by atoms with van der Waals surface area (Å²) in [6, 6.07) is 15.2. The topological polar surface area (TPSA) is 44.5 Å². The quantitative estimate of drug-likeness (QED) is 0.621. The van der Waals surface area contributed by atoms with Crippen LogP contribution in [0.4, 0.5) is 5.69 Å². The lowest BCUT2D eigenvalue weighted by Gasteiger charge is -2.09. The van der Waals surface area contributed by atoms with Gasteiger partial charge >= 0.3 is 0 Å². The second kappa shape index (κ2) is 7.78. The third kappa shape index (κ3) is 4.44. The molecule has 0 aromatic heterocycles. The largest absolute Gasteiger partial charge is 0.491 e. The van der Waals surface area contributed by atoms with Gasteiger partial charge in [-0.15, -0.1) is 0 Å². The van der Waals surface area contributed by atoms with E-state index in [0.29, 0.717) is 25.5 Å². The molecule has 0 radical (unpaired) electrons. The molecule has 0 bridgehead atoms. The van der Waals surface area contributed by atoms with Crippen LogP contribution in [0.15, 0.2) is 48.5 Å². The maximum absolute atomic E-state index is 6.04. The zero-order valence-electron chi connectivity index (χ0n) is 11.2. The van der Waals surface area contributed by atoms with Gasteiger partial charge in [0.2, 0.25) is 0 Å². The molecule has 0 aliphatic rings. The van der Waals surface area contributed by atoms with Crippen molar-refractivity contribution in [2.45, 2.75) is 13.0 Å². The van der Waals surface area contributed by atoms with E-state index in [-0.39, 0.29) is 0 Å². The Balaban J connectivity index is 1.63. The molecule has 0 spiro atoms. The normalized spacial score (nSPS) is 10.4. The molecule has 2 aromatic rings. The molecule has 2 aromatic carbocycles. The zero-order valence-corrected chi connectivity index (χ0v) is 12.0. The lowest BCUT2D eigenvalue weighted by atomic mass is 10.2. The summed E-state index contributed by atoms with van der Waals surface area (Å²) in [6.45, 7) is 1.72. The van der Waals surface area contributed by atoms with Crippen LogP contribution in [-0.2, 0) is 11.3 Å². The van der Waals surface area contributed by atoms with E-state index in [2.05, 4.69) is 0 Å². The number of benzene rings is 2. The van der Waals surface area contributed by atoms with Crippen LogP contribution in [0, 0.1) is 0 Å². The summed E-state index contributed by atoms with van der Waals surface area (Å²) in [5.74, 6) is 0.721. The van der Waals surface area contributed by atoms with Gasteiger partial charge in [0.05, 0.1) is 25.5 Å². The molecule has 0 atom stereocenters. The molecular formula is C16H18ClNO2. The van der Waals surface area contributed by atoms with Crippen LogP contribution in [0.2, 0.25) is 5.02 Å². The van der Waals surface area contributed by atoms with Gasteiger partial charge in [0.1, 0.15) is 5.75 Å². The van der Waals surface area contributed by atoms with Gasteiger partial charge in [-0.25, -0.2) is 0 Å². The summed E-state index contributed by atoms with van der Waals surface area (Å²) < 4.78 is 11.2. The first-order valence-corrected chi connectivity index (χ1v) is 6.93. The van der Waals surface area contributed by atoms with Crippen LogP contribution < -0.4 is 10.5 Å². The maximum atomic E-state index is 6.04. The minimum atomic E-state index is 0.521. The van der Waals surface area contributed by atoms with Gasteiger partial charge in [0.15, 0.2) is 0 Å². The van der Waals surface area contributed by atoms with Crippen LogP contribution >= 0.6 is 11.6 Å². The van der Waals surface area contributed by atoms with Crippen molar-refractivity contribution in [2.24, 2.45) is 0 Å². The van der Waals surface area contributed by atoms with E-state index in [1.165, 1.54) is 0 Å². The Labute approximate surface area is 124 Å². The van der Waals surface area contributed by atoms with Crippen molar-refractivity contribution in [3.8, 4) is 5.75 Å². The van der Waals surface area contributed by atoms with Gasteiger partial charge in [-0.3, -0.25) is 0 Å². The summed E-state index contributed by atoms with van der Waals surface area (Å²) >= 11 is 6.04. The average molecular weight is 292 g/mol. The van der Waals surface area contributed by atoms with Crippen LogP contribution in [0.5, 0.6) is 5.75 Å². The van der Waals surface area contributed by atoms with Gasteiger partial charge in [0, 0.05) is 11.4 Å². The average Bonchev–Trinajstić information content (AvgIpc) is 2.46. The van der Waals surface area contributed by atoms with Gasteiger partial charge < -0.3 is 15.2 Å². The molecular weight excluding hydrogens is 274 g/mol. The number of para-hydroxylation sites is 2. The van der Waals surface area contributed by atoms with Gasteiger partial charge in [-0.05, 0) is 23.8 Å². The molecule has 3 nitrogen and oxygen atoms in total. The Hall–Kier alpha value is -1.71. The van der Waals surface area contributed by atoms with Crippen LogP contribution in [0.25, 0.3) is 0 Å². The Kier molecular flexibility index (Phi) is 5.71. The van der Waals surface area contributed by atoms with Gasteiger partial charge in [-0.1, -0.05) is 41.9 Å². The smallest absolute Gasteiger partial charge is 0.142 e. The number of hydrogen-bond acceptors (Lipinski definition) is 3. The summed E-state index contributed by atoms with van der Waals surface area (Å²) in [4.78, 5) is 0. The van der Waals surface area contributed by atoms with E-state index >= 15 is 0 Å². The SMILES string of the molecule is Nc1ccccc1OCCCOCc1ccccc1Cl. The van der Waals surface area contributed by atoms with Crippen molar-refractivity contribution >= 4 is 17.3 Å². The summed E-state index contributed by atoms with van der Waals surface area (Å²) in [5, 5.41) is 0.737. The summed E-state index contributed by atoms with van der Waals surface area (Å²) in [6.07, 6.45) is 0.804. The first-order valence-electron chi connectivity index (χ1n) is 6.56. The van der Waals surface area contributed by atoms with E-state index in [0.717, 1.165) is 22.8 Å². The fourth-order valence-electron chi connectivity index (χ4n) is 1.75. The molecule has 0 saturated carbocycles. The Morgan fingerprint density at radius 1 is 0.950 bits per heavy atom. The minimum Gasteiger partial charge on any atom is -0.491 e. The third-order valence-corrected chi connectivity index (χ3v) is 3.19. The van der Waals surface area contributed by atoms with E-state index < -0.39 is 0 Å². The molecule has 0 aliphatic heterocycles. The van der Waals surface area contributed by atoms with Crippen LogP contribution in [0.3, 0.4) is 0 Å². The monoisotopic (exact) mass is 291 g/mol. The van der Waals surface area contributed by atoms with Crippen LogP contribution in [0.1, 0.15) is 12.0 Å². The van der Waals surface area contributed by atoms with Crippen molar-refractivity contribution < 1.29 is 9.47 Å². The van der Waals surface area contributed by atoms with Crippen molar-refractivity contribution in [1.82, 2.24) is 0 Å². The fraction of sp³-hybridized carbons (Fsp3) is 0.250. The molecule has 0 aliphatic carbocycles. The number of anilines is 1. The summed E-state index contributed by atoms with van der Waals surface area (Å²) in [5.41, 5.74) is 7.44. The maximum Gasteiger partial charge on any atom is 0.142 e. The second-order valence-electron chi connectivity index (χ2n) is 4.38. The molecule has 4 heteroatoms. The molecule has 2 rings (SSSR count). The zero-order chi connectivity index (χ0) is 14.2. The lowest BCUT2D eigenvalue weighted by Crippen LogP contribution is -2.04. The standard InChI is InChI=1S/C16H18ClNO2/c17-14-7-2-1-6-13(14)12-19-10-5-11-20-16-9-4-3-8-15(16)18/h1-4,6-9H,5,10-12,18H2. The lowest BCUT2D eigenvalue weighted by molar-refractivity contribution is 0.107. The van der Waals surface area contributed by atoms with Gasteiger partial charge in [0.25, 0.3) is 0 Å². The van der Waals surface area contributed by atoms with E-state index in [1.807, 2.05) is 48.5 Å². The van der Waals surface area contributed by atoms with Crippen molar-refractivity contribution in [2.75, 3.05) is 18.9 Å².